The van der Waals surface area contributed by atoms with Crippen molar-refractivity contribution in [3.05, 3.63) is 11.8 Å². The third-order valence-corrected chi connectivity index (χ3v) is 2.71. The Morgan fingerprint density at radius 2 is 2.54 bits per heavy atom. The minimum atomic E-state index is -0.116. The molecule has 2 rings (SSSR count). The number of methoxy groups -OCH3 is 1. The maximum absolute atomic E-state index is 11.1. The third kappa shape index (κ3) is 1.08. The van der Waals surface area contributed by atoms with Crippen molar-refractivity contribution >= 4 is 5.91 Å². The third-order valence-electron chi connectivity index (χ3n) is 2.71. The van der Waals surface area contributed by atoms with E-state index in [0.29, 0.717) is 5.76 Å². The highest BCUT2D eigenvalue weighted by Gasteiger charge is 2.47. The van der Waals surface area contributed by atoms with E-state index in [1.165, 1.54) is 13.2 Å². The Bertz CT molecular complexity index is 316. The van der Waals surface area contributed by atoms with Gasteiger partial charge in [-0.2, -0.15) is 5.26 Å². The first-order chi connectivity index (χ1) is 6.26. The molecule has 0 aromatic rings. The second kappa shape index (κ2) is 2.77. The monoisotopic (exact) mass is 178 g/mol. The topological polar surface area (TPSA) is 62.1 Å². The Labute approximate surface area is 76.2 Å². The van der Waals surface area contributed by atoms with Crippen molar-refractivity contribution in [1.82, 2.24) is 5.32 Å². The van der Waals surface area contributed by atoms with E-state index in [2.05, 4.69) is 11.4 Å². The van der Waals surface area contributed by atoms with Crippen LogP contribution in [0.4, 0.5) is 0 Å². The molecule has 1 amide bonds. The standard InChI is InChI=1S/C9H10N2O2/c1-13-7-3-8(12)11-6-2-5(4-10)9(6)7/h3,5-6,9H,2H2,1H3,(H,11,12)/t5-,6+,9-/m1/s1. The van der Waals surface area contributed by atoms with Gasteiger partial charge in [0.25, 0.3) is 0 Å². The van der Waals surface area contributed by atoms with Gasteiger partial charge in [0.15, 0.2) is 0 Å². The average molecular weight is 178 g/mol. The second-order valence-electron chi connectivity index (χ2n) is 3.36. The van der Waals surface area contributed by atoms with Crippen LogP contribution < -0.4 is 5.32 Å². The summed E-state index contributed by atoms with van der Waals surface area (Å²) in [5.74, 6) is 0.602. The van der Waals surface area contributed by atoms with Gasteiger partial charge in [-0.05, 0) is 6.42 Å². The highest BCUT2D eigenvalue weighted by atomic mass is 16.5. The van der Waals surface area contributed by atoms with Crippen molar-refractivity contribution < 1.29 is 9.53 Å². The first kappa shape index (κ1) is 8.11. The number of carbonyl (C=O) groups excluding carboxylic acids is 1. The molecule has 1 N–H and O–H groups in total. The van der Waals surface area contributed by atoms with Gasteiger partial charge in [-0.3, -0.25) is 4.79 Å². The summed E-state index contributed by atoms with van der Waals surface area (Å²) >= 11 is 0. The summed E-state index contributed by atoms with van der Waals surface area (Å²) in [5.41, 5.74) is 0. The fourth-order valence-corrected chi connectivity index (χ4v) is 1.97. The zero-order valence-electron chi connectivity index (χ0n) is 7.28. The number of nitriles is 1. The van der Waals surface area contributed by atoms with Gasteiger partial charge < -0.3 is 10.1 Å². The van der Waals surface area contributed by atoms with E-state index < -0.39 is 0 Å². The van der Waals surface area contributed by atoms with Crippen LogP contribution in [0.5, 0.6) is 0 Å². The van der Waals surface area contributed by atoms with E-state index in [-0.39, 0.29) is 23.8 Å². The molecule has 3 atom stereocenters. The number of hydrogen-bond acceptors (Lipinski definition) is 3. The molecule has 1 aliphatic heterocycles. The molecule has 0 radical (unpaired) electrons. The van der Waals surface area contributed by atoms with Gasteiger partial charge in [0.05, 0.1) is 25.0 Å². The molecule has 1 heterocycles. The SMILES string of the molecule is COC1=CC(=O)N[C@H]2C[C@H](C#N)[C@@H]12. The number of hydrogen-bond donors (Lipinski definition) is 1. The molecule has 0 aromatic carbocycles. The summed E-state index contributed by atoms with van der Waals surface area (Å²) in [7, 11) is 1.54. The number of amides is 1. The Kier molecular flexibility index (Phi) is 1.73. The largest absolute Gasteiger partial charge is 0.500 e. The van der Waals surface area contributed by atoms with Crippen LogP contribution in [-0.4, -0.2) is 19.1 Å². The Morgan fingerprint density at radius 1 is 1.77 bits per heavy atom. The molecule has 4 nitrogen and oxygen atoms in total. The molecule has 2 aliphatic rings. The van der Waals surface area contributed by atoms with E-state index in [0.717, 1.165) is 6.42 Å². The number of ether oxygens (including phenoxy) is 1. The minimum Gasteiger partial charge on any atom is -0.500 e. The lowest BCUT2D eigenvalue weighted by molar-refractivity contribution is -0.120. The quantitative estimate of drug-likeness (QED) is 0.622. The summed E-state index contributed by atoms with van der Waals surface area (Å²) < 4.78 is 5.08. The number of nitrogens with one attached hydrogen (secondary N) is 1. The molecule has 68 valence electrons. The smallest absolute Gasteiger partial charge is 0.247 e. The van der Waals surface area contributed by atoms with E-state index in [1.807, 2.05) is 0 Å². The predicted molar refractivity (Wildman–Crippen MR) is 44.2 cm³/mol. The first-order valence-electron chi connectivity index (χ1n) is 4.22. The van der Waals surface area contributed by atoms with Crippen LogP contribution in [0.2, 0.25) is 0 Å². The molecule has 0 saturated heterocycles. The van der Waals surface area contributed by atoms with Crippen LogP contribution in [-0.2, 0) is 9.53 Å². The molecule has 0 spiro atoms. The van der Waals surface area contributed by atoms with Crippen LogP contribution in [0.25, 0.3) is 0 Å². The number of fused-ring (bicyclic) bond motifs is 1. The van der Waals surface area contributed by atoms with Gasteiger partial charge >= 0.3 is 0 Å². The van der Waals surface area contributed by atoms with Crippen molar-refractivity contribution in [2.75, 3.05) is 7.11 Å². The van der Waals surface area contributed by atoms with Crippen LogP contribution >= 0.6 is 0 Å². The highest BCUT2D eigenvalue weighted by Crippen LogP contribution is 2.41. The Morgan fingerprint density at radius 3 is 3.15 bits per heavy atom. The van der Waals surface area contributed by atoms with Gasteiger partial charge in [0.2, 0.25) is 5.91 Å². The van der Waals surface area contributed by atoms with Crippen molar-refractivity contribution in [2.24, 2.45) is 11.8 Å². The molecule has 1 saturated carbocycles. The van der Waals surface area contributed by atoms with E-state index in [1.54, 1.807) is 0 Å². The van der Waals surface area contributed by atoms with Gasteiger partial charge in [-0.15, -0.1) is 0 Å². The zero-order chi connectivity index (χ0) is 9.42. The van der Waals surface area contributed by atoms with Crippen LogP contribution in [0.3, 0.4) is 0 Å². The first-order valence-corrected chi connectivity index (χ1v) is 4.22. The van der Waals surface area contributed by atoms with Gasteiger partial charge in [0, 0.05) is 12.1 Å². The minimum absolute atomic E-state index is 0.00296. The van der Waals surface area contributed by atoms with Crippen molar-refractivity contribution in [2.45, 2.75) is 12.5 Å². The molecule has 0 aromatic heterocycles. The van der Waals surface area contributed by atoms with Gasteiger partial charge in [-0.1, -0.05) is 0 Å². The summed E-state index contributed by atoms with van der Waals surface area (Å²) in [6.07, 6.45) is 2.18. The molecule has 1 aliphatic carbocycles. The van der Waals surface area contributed by atoms with Gasteiger partial charge in [-0.25, -0.2) is 0 Å². The maximum Gasteiger partial charge on any atom is 0.247 e. The second-order valence-corrected chi connectivity index (χ2v) is 3.36. The molecule has 1 fully saturated rings. The van der Waals surface area contributed by atoms with E-state index in [4.69, 9.17) is 10.00 Å². The van der Waals surface area contributed by atoms with E-state index in [9.17, 15) is 4.79 Å². The zero-order valence-corrected chi connectivity index (χ0v) is 7.28. The fourth-order valence-electron chi connectivity index (χ4n) is 1.97. The van der Waals surface area contributed by atoms with Crippen LogP contribution in [0.1, 0.15) is 6.42 Å². The normalized spacial score (nSPS) is 36.2. The van der Waals surface area contributed by atoms with Gasteiger partial charge in [0.1, 0.15) is 5.76 Å². The number of nitrogens with zero attached hydrogens (tertiary/aromatic N) is 1. The van der Waals surface area contributed by atoms with Crippen LogP contribution in [0, 0.1) is 23.2 Å². The Balaban J connectivity index is 2.23. The lowest BCUT2D eigenvalue weighted by Crippen LogP contribution is -2.55. The summed E-state index contributed by atoms with van der Waals surface area (Å²) in [6.45, 7) is 0. The van der Waals surface area contributed by atoms with E-state index >= 15 is 0 Å². The lowest BCUT2D eigenvalue weighted by atomic mass is 9.67. The summed E-state index contributed by atoms with van der Waals surface area (Å²) in [6, 6.07) is 2.32. The molecule has 4 heteroatoms. The summed E-state index contributed by atoms with van der Waals surface area (Å²) in [5, 5.41) is 11.6. The van der Waals surface area contributed by atoms with Crippen molar-refractivity contribution in [3.8, 4) is 6.07 Å². The summed E-state index contributed by atoms with van der Waals surface area (Å²) in [4.78, 5) is 11.1. The van der Waals surface area contributed by atoms with Crippen molar-refractivity contribution in [3.63, 3.8) is 0 Å². The van der Waals surface area contributed by atoms with Crippen LogP contribution in [0.15, 0.2) is 11.8 Å². The van der Waals surface area contributed by atoms with Crippen molar-refractivity contribution in [1.29, 1.82) is 5.26 Å². The molecular formula is C9H10N2O2. The predicted octanol–water partition coefficient (Wildman–Crippen LogP) is 0.175. The average Bonchev–Trinajstić information content (AvgIpc) is 2.09. The maximum atomic E-state index is 11.1. The lowest BCUT2D eigenvalue weighted by Gasteiger charge is -2.43. The Hall–Kier alpha value is -1.50. The molecule has 13 heavy (non-hydrogen) atoms. The number of carbonyl (C=O) groups is 1. The molecular weight excluding hydrogens is 168 g/mol. The fraction of sp³-hybridized carbons (Fsp3) is 0.556. The number of rotatable bonds is 1. The highest BCUT2D eigenvalue weighted by molar-refractivity contribution is 5.89. The molecule has 0 unspecified atom stereocenters. The molecule has 0 bridgehead atoms.